The Kier molecular flexibility index (Phi) is 4.29. The lowest BCUT2D eigenvalue weighted by atomic mass is 10.2. The molecule has 23 heavy (non-hydrogen) atoms. The lowest BCUT2D eigenvalue weighted by Crippen LogP contribution is -2.13. The second kappa shape index (κ2) is 6.70. The molecule has 1 amide bonds. The lowest BCUT2D eigenvalue weighted by Gasteiger charge is -2.06. The Bertz CT molecular complexity index is 802. The Morgan fingerprint density at radius 3 is 2.52 bits per heavy atom. The first kappa shape index (κ1) is 14.7. The molecule has 5 nitrogen and oxygen atoms in total. The van der Waals surface area contributed by atoms with E-state index in [1.807, 2.05) is 42.5 Å². The highest BCUT2D eigenvalue weighted by Crippen LogP contribution is 2.19. The number of ether oxygens (including phenoxy) is 1. The number of hydrogen-bond acceptors (Lipinski definition) is 4. The van der Waals surface area contributed by atoms with Gasteiger partial charge in [0.2, 0.25) is 5.88 Å². The quantitative estimate of drug-likeness (QED) is 0.802. The van der Waals surface area contributed by atoms with Crippen LogP contribution < -0.4 is 10.1 Å². The van der Waals surface area contributed by atoms with Gasteiger partial charge in [0.1, 0.15) is 5.69 Å². The van der Waals surface area contributed by atoms with Crippen molar-refractivity contribution in [2.45, 2.75) is 0 Å². The Morgan fingerprint density at radius 1 is 1.00 bits per heavy atom. The summed E-state index contributed by atoms with van der Waals surface area (Å²) in [4.78, 5) is 20.8. The second-order valence-corrected chi connectivity index (χ2v) is 4.82. The third-order valence-electron chi connectivity index (χ3n) is 3.25. The van der Waals surface area contributed by atoms with Crippen molar-refractivity contribution in [1.82, 2.24) is 9.97 Å². The van der Waals surface area contributed by atoms with E-state index >= 15 is 0 Å². The zero-order chi connectivity index (χ0) is 16.1. The number of nitrogens with zero attached hydrogens (tertiary/aromatic N) is 2. The molecule has 0 radical (unpaired) electrons. The molecule has 0 spiro atoms. The molecule has 0 bridgehead atoms. The van der Waals surface area contributed by atoms with E-state index in [-0.39, 0.29) is 5.91 Å². The number of rotatable bonds is 4. The van der Waals surface area contributed by atoms with Gasteiger partial charge in [-0.2, -0.15) is 0 Å². The molecule has 0 aliphatic carbocycles. The van der Waals surface area contributed by atoms with Crippen molar-refractivity contribution in [3.63, 3.8) is 0 Å². The summed E-state index contributed by atoms with van der Waals surface area (Å²) in [6.07, 6.45) is 1.67. The summed E-state index contributed by atoms with van der Waals surface area (Å²) in [6.45, 7) is 0. The lowest BCUT2D eigenvalue weighted by molar-refractivity contribution is 0.102. The van der Waals surface area contributed by atoms with Crippen LogP contribution in [0.3, 0.4) is 0 Å². The van der Waals surface area contributed by atoms with Crippen LogP contribution in [0.25, 0.3) is 11.3 Å². The molecule has 114 valence electrons. The number of methoxy groups -OCH3 is 1. The van der Waals surface area contributed by atoms with Gasteiger partial charge in [0, 0.05) is 23.5 Å². The van der Waals surface area contributed by atoms with E-state index in [2.05, 4.69) is 15.3 Å². The number of pyridine rings is 2. The third kappa shape index (κ3) is 3.52. The Labute approximate surface area is 134 Å². The van der Waals surface area contributed by atoms with Crippen molar-refractivity contribution in [2.24, 2.45) is 0 Å². The number of carbonyl (C=O) groups excluding carboxylic acids is 1. The summed E-state index contributed by atoms with van der Waals surface area (Å²) in [6, 6.07) is 18.2. The molecule has 3 aromatic rings. The molecule has 1 N–H and O–H groups in total. The van der Waals surface area contributed by atoms with Crippen LogP contribution in [0.1, 0.15) is 10.5 Å². The number of benzene rings is 1. The van der Waals surface area contributed by atoms with E-state index in [1.165, 1.54) is 0 Å². The van der Waals surface area contributed by atoms with Gasteiger partial charge in [-0.3, -0.25) is 4.79 Å². The average Bonchev–Trinajstić information content (AvgIpc) is 2.63. The van der Waals surface area contributed by atoms with Crippen molar-refractivity contribution in [3.05, 3.63) is 72.6 Å². The highest BCUT2D eigenvalue weighted by Gasteiger charge is 2.09. The second-order valence-electron chi connectivity index (χ2n) is 4.82. The maximum absolute atomic E-state index is 12.3. The minimum atomic E-state index is -0.250. The van der Waals surface area contributed by atoms with Gasteiger partial charge in [-0.1, -0.05) is 24.3 Å². The summed E-state index contributed by atoms with van der Waals surface area (Å²) >= 11 is 0. The van der Waals surface area contributed by atoms with Crippen LogP contribution in [-0.4, -0.2) is 23.0 Å². The molecule has 0 saturated carbocycles. The number of amides is 1. The largest absolute Gasteiger partial charge is 0.481 e. The van der Waals surface area contributed by atoms with Crippen molar-refractivity contribution in [2.75, 3.05) is 12.4 Å². The van der Waals surface area contributed by atoms with Crippen LogP contribution in [0, 0.1) is 0 Å². The molecule has 0 saturated heterocycles. The maximum atomic E-state index is 12.3. The molecule has 0 aliphatic rings. The number of carbonyl (C=O) groups is 1. The van der Waals surface area contributed by atoms with E-state index in [1.54, 1.807) is 31.5 Å². The zero-order valence-electron chi connectivity index (χ0n) is 12.6. The monoisotopic (exact) mass is 305 g/mol. The topological polar surface area (TPSA) is 64.1 Å². The average molecular weight is 305 g/mol. The first-order valence-corrected chi connectivity index (χ1v) is 7.10. The Balaban J connectivity index is 1.82. The minimum Gasteiger partial charge on any atom is -0.481 e. The highest BCUT2D eigenvalue weighted by molar-refractivity contribution is 6.03. The molecule has 0 fully saturated rings. The van der Waals surface area contributed by atoms with Crippen LogP contribution in [0.5, 0.6) is 5.88 Å². The fraction of sp³-hybridized carbons (Fsp3) is 0.0556. The number of anilines is 1. The number of hydrogen-bond donors (Lipinski definition) is 1. The van der Waals surface area contributed by atoms with Crippen molar-refractivity contribution in [3.8, 4) is 17.1 Å². The van der Waals surface area contributed by atoms with Gasteiger partial charge in [0.15, 0.2) is 0 Å². The molecule has 1 aromatic carbocycles. The number of para-hydroxylation sites is 1. The van der Waals surface area contributed by atoms with Crippen LogP contribution >= 0.6 is 0 Å². The van der Waals surface area contributed by atoms with Crippen molar-refractivity contribution in [1.29, 1.82) is 0 Å². The fourth-order valence-electron chi connectivity index (χ4n) is 2.09. The van der Waals surface area contributed by atoms with Crippen molar-refractivity contribution < 1.29 is 9.53 Å². The van der Waals surface area contributed by atoms with E-state index in [4.69, 9.17) is 4.74 Å². The standard InChI is InChI=1S/C18H15N3O2/c1-23-17-11-10-13(12-19-17)15-8-5-9-16(21-15)18(22)20-14-6-3-2-4-7-14/h2-12H,1H3,(H,20,22). The molecule has 0 atom stereocenters. The molecule has 2 aromatic heterocycles. The summed E-state index contributed by atoms with van der Waals surface area (Å²) in [7, 11) is 1.56. The summed E-state index contributed by atoms with van der Waals surface area (Å²) in [5, 5.41) is 2.82. The molecule has 0 unspecified atom stereocenters. The van der Waals surface area contributed by atoms with Gasteiger partial charge < -0.3 is 10.1 Å². The van der Waals surface area contributed by atoms with Crippen LogP contribution in [0.2, 0.25) is 0 Å². The van der Waals surface area contributed by atoms with Crippen molar-refractivity contribution >= 4 is 11.6 Å². The molecule has 5 heteroatoms. The van der Waals surface area contributed by atoms with Gasteiger partial charge >= 0.3 is 0 Å². The van der Waals surface area contributed by atoms with Crippen LogP contribution in [-0.2, 0) is 0 Å². The Hall–Kier alpha value is -3.21. The Morgan fingerprint density at radius 2 is 1.83 bits per heavy atom. The third-order valence-corrected chi connectivity index (χ3v) is 3.25. The van der Waals surface area contributed by atoms with Gasteiger partial charge in [0.25, 0.3) is 5.91 Å². The molecular formula is C18H15N3O2. The molecule has 3 rings (SSSR count). The predicted octanol–water partition coefficient (Wildman–Crippen LogP) is 3.40. The first-order valence-electron chi connectivity index (χ1n) is 7.10. The van der Waals surface area contributed by atoms with Gasteiger partial charge in [-0.25, -0.2) is 9.97 Å². The molecular weight excluding hydrogens is 290 g/mol. The maximum Gasteiger partial charge on any atom is 0.274 e. The summed E-state index contributed by atoms with van der Waals surface area (Å²) < 4.78 is 5.04. The van der Waals surface area contributed by atoms with Gasteiger partial charge in [-0.05, 0) is 30.3 Å². The SMILES string of the molecule is COc1ccc(-c2cccc(C(=O)Nc3ccccc3)n2)cn1. The summed E-state index contributed by atoms with van der Waals surface area (Å²) in [5.74, 6) is 0.284. The molecule has 0 aliphatic heterocycles. The minimum absolute atomic E-state index is 0.250. The smallest absolute Gasteiger partial charge is 0.274 e. The van der Waals surface area contributed by atoms with E-state index < -0.39 is 0 Å². The van der Waals surface area contributed by atoms with Gasteiger partial charge in [-0.15, -0.1) is 0 Å². The van der Waals surface area contributed by atoms with Crippen LogP contribution in [0.15, 0.2) is 66.9 Å². The number of nitrogens with one attached hydrogen (secondary N) is 1. The van der Waals surface area contributed by atoms with E-state index in [0.29, 0.717) is 17.3 Å². The number of aromatic nitrogens is 2. The van der Waals surface area contributed by atoms with Crippen LogP contribution in [0.4, 0.5) is 5.69 Å². The predicted molar refractivity (Wildman–Crippen MR) is 88.4 cm³/mol. The van der Waals surface area contributed by atoms with Gasteiger partial charge in [0.05, 0.1) is 12.8 Å². The normalized spacial score (nSPS) is 10.1. The van der Waals surface area contributed by atoms with E-state index in [9.17, 15) is 4.79 Å². The highest BCUT2D eigenvalue weighted by atomic mass is 16.5. The zero-order valence-corrected chi connectivity index (χ0v) is 12.6. The molecule has 2 heterocycles. The van der Waals surface area contributed by atoms with E-state index in [0.717, 1.165) is 11.3 Å². The fourth-order valence-corrected chi connectivity index (χ4v) is 2.09. The summed E-state index contributed by atoms with van der Waals surface area (Å²) in [5.41, 5.74) is 2.58. The first-order chi connectivity index (χ1) is 11.3.